The number of benzene rings is 9. The maximum atomic E-state index is 2.47. The van der Waals surface area contributed by atoms with Crippen molar-refractivity contribution in [2.45, 2.75) is 19.3 Å². The molecule has 0 bridgehead atoms. The topological polar surface area (TPSA) is 9.86 Å². The van der Waals surface area contributed by atoms with Gasteiger partial charge in [-0.25, -0.2) is 0 Å². The van der Waals surface area contributed by atoms with Gasteiger partial charge in [-0.15, -0.1) is 0 Å². The first-order valence-corrected chi connectivity index (χ1v) is 17.9. The Morgan fingerprint density at radius 1 is 0.353 bits per heavy atom. The molecule has 0 atom stereocenters. The summed E-state index contributed by atoms with van der Waals surface area (Å²) in [7, 11) is 0. The van der Waals surface area contributed by atoms with Crippen LogP contribution in [0.25, 0.3) is 98.8 Å². The van der Waals surface area contributed by atoms with E-state index in [1.54, 1.807) is 0 Å². The molecule has 51 heavy (non-hydrogen) atoms. The summed E-state index contributed by atoms with van der Waals surface area (Å²) in [6.45, 7) is 4.78. The third kappa shape index (κ3) is 3.47. The zero-order chi connectivity index (χ0) is 33.6. The molecule has 0 N–H and O–H groups in total. The zero-order valence-corrected chi connectivity index (χ0v) is 28.4. The maximum absolute atomic E-state index is 2.47. The summed E-state index contributed by atoms with van der Waals surface area (Å²) in [5, 5.41) is 10.6. The van der Waals surface area contributed by atoms with Gasteiger partial charge < -0.3 is 9.13 Å². The summed E-state index contributed by atoms with van der Waals surface area (Å²) in [6.07, 6.45) is 0. The predicted octanol–water partition coefficient (Wildman–Crippen LogP) is 13.0. The van der Waals surface area contributed by atoms with E-state index in [1.807, 2.05) is 0 Å². The number of rotatable bonds is 3. The van der Waals surface area contributed by atoms with Gasteiger partial charge in [0.25, 0.3) is 0 Å². The highest BCUT2D eigenvalue weighted by atomic mass is 15.0. The van der Waals surface area contributed by atoms with Crippen LogP contribution >= 0.6 is 0 Å². The van der Waals surface area contributed by atoms with Gasteiger partial charge in [0, 0.05) is 38.3 Å². The fraction of sp³-hybridized carbons (Fsp3) is 0.0612. The van der Waals surface area contributed by atoms with Crippen LogP contribution in [-0.4, -0.2) is 9.13 Å². The lowest BCUT2D eigenvalue weighted by atomic mass is 9.81. The van der Waals surface area contributed by atoms with Gasteiger partial charge in [0.2, 0.25) is 0 Å². The lowest BCUT2D eigenvalue weighted by molar-refractivity contribution is 0.660. The minimum absolute atomic E-state index is 0.139. The van der Waals surface area contributed by atoms with E-state index >= 15 is 0 Å². The first kappa shape index (κ1) is 27.4. The molecule has 0 saturated heterocycles. The third-order valence-electron chi connectivity index (χ3n) is 12.0. The number of aromatic nitrogens is 2. The molecule has 9 aromatic carbocycles. The minimum Gasteiger partial charge on any atom is -0.309 e. The van der Waals surface area contributed by atoms with E-state index < -0.39 is 0 Å². The van der Waals surface area contributed by atoms with Crippen LogP contribution in [0.3, 0.4) is 0 Å². The summed E-state index contributed by atoms with van der Waals surface area (Å²) in [5.41, 5.74) is 15.3. The molecular weight excluding hydrogens is 617 g/mol. The van der Waals surface area contributed by atoms with Crippen molar-refractivity contribution in [1.82, 2.24) is 9.13 Å². The van der Waals surface area contributed by atoms with Gasteiger partial charge in [-0.2, -0.15) is 0 Å². The van der Waals surface area contributed by atoms with Crippen molar-refractivity contribution < 1.29 is 0 Å². The van der Waals surface area contributed by atoms with Gasteiger partial charge in [-0.3, -0.25) is 0 Å². The molecule has 2 aromatic heterocycles. The van der Waals surface area contributed by atoms with Crippen LogP contribution in [0.5, 0.6) is 0 Å². The molecule has 0 unspecified atom stereocenters. The van der Waals surface area contributed by atoms with Crippen LogP contribution in [0, 0.1) is 0 Å². The maximum Gasteiger partial charge on any atom is 0.0547 e. The molecule has 238 valence electrons. The summed E-state index contributed by atoms with van der Waals surface area (Å²) in [6, 6.07) is 59.1. The normalized spacial score (nSPS) is 13.8. The monoisotopic (exact) mass is 648 g/mol. The lowest BCUT2D eigenvalue weighted by Crippen LogP contribution is -2.15. The summed E-state index contributed by atoms with van der Waals surface area (Å²) in [4.78, 5) is 0. The highest BCUT2D eigenvalue weighted by Gasteiger charge is 2.36. The summed E-state index contributed by atoms with van der Waals surface area (Å²) in [5.74, 6) is 0. The van der Waals surface area contributed by atoms with E-state index in [4.69, 9.17) is 0 Å². The zero-order valence-electron chi connectivity index (χ0n) is 28.4. The van der Waals surface area contributed by atoms with E-state index in [0.29, 0.717) is 0 Å². The fourth-order valence-corrected chi connectivity index (χ4v) is 9.64. The van der Waals surface area contributed by atoms with Crippen LogP contribution in [0.4, 0.5) is 0 Å². The summed E-state index contributed by atoms with van der Waals surface area (Å²) < 4.78 is 4.89. The van der Waals surface area contributed by atoms with Crippen molar-refractivity contribution in [3.05, 3.63) is 169 Å². The Balaban J connectivity index is 0.955. The van der Waals surface area contributed by atoms with Gasteiger partial charge in [-0.1, -0.05) is 117 Å². The molecule has 2 heteroatoms. The number of hydrogen-bond acceptors (Lipinski definition) is 0. The third-order valence-corrected chi connectivity index (χ3v) is 12.0. The molecule has 0 amide bonds. The van der Waals surface area contributed by atoms with Crippen molar-refractivity contribution in [1.29, 1.82) is 0 Å². The van der Waals surface area contributed by atoms with Crippen LogP contribution < -0.4 is 0 Å². The second kappa shape index (κ2) is 9.44. The first-order chi connectivity index (χ1) is 25.0. The molecule has 1 aliphatic carbocycles. The number of nitrogens with zero attached hydrogens (tertiary/aromatic N) is 2. The van der Waals surface area contributed by atoms with Crippen molar-refractivity contribution in [2.75, 3.05) is 0 Å². The Labute approximate surface area is 295 Å². The Morgan fingerprint density at radius 2 is 0.745 bits per heavy atom. The highest BCUT2D eigenvalue weighted by molar-refractivity contribution is 6.25. The predicted molar refractivity (Wildman–Crippen MR) is 216 cm³/mol. The molecule has 12 rings (SSSR count). The Hall–Kier alpha value is -6.38. The standard InChI is InChI=1S/C49H32N2/c1-49(2)39-27-34(29-19-22-35(23-20-29)50-41-11-3-7-30-15-16-31-8-4-12-42(50)46(31)45(30)41)21-25-37(39)38-26-24-36(28-40(38)49)51-43-13-5-9-32-17-18-33-10-6-14-44(51)48(33)47(32)43/h3-28H,1-2H3. The number of fused-ring (bicyclic) bond motifs is 3. The van der Waals surface area contributed by atoms with E-state index in [9.17, 15) is 0 Å². The van der Waals surface area contributed by atoms with Gasteiger partial charge >= 0.3 is 0 Å². The molecule has 0 spiro atoms. The molecule has 0 saturated carbocycles. The van der Waals surface area contributed by atoms with Gasteiger partial charge in [0.15, 0.2) is 0 Å². The molecule has 0 aliphatic heterocycles. The molecule has 2 nitrogen and oxygen atoms in total. The smallest absolute Gasteiger partial charge is 0.0547 e. The fourth-order valence-electron chi connectivity index (χ4n) is 9.64. The SMILES string of the molecule is CC1(C)c2cc(-c3ccc(-n4c5cccc6ccc7cccc4c7c65)cc3)ccc2-c2ccc(-n3c4cccc5ccc6cccc3c6c54)cc21. The van der Waals surface area contributed by atoms with Crippen LogP contribution in [0.1, 0.15) is 25.0 Å². The minimum atomic E-state index is -0.139. The Kier molecular flexibility index (Phi) is 5.08. The van der Waals surface area contributed by atoms with E-state index in [1.165, 1.54) is 110 Å². The average Bonchev–Trinajstić information content (AvgIpc) is 3.78. The van der Waals surface area contributed by atoms with Crippen LogP contribution in [0.2, 0.25) is 0 Å². The van der Waals surface area contributed by atoms with Crippen LogP contribution in [0.15, 0.2) is 158 Å². The molecule has 0 radical (unpaired) electrons. The Bertz CT molecular complexity index is 3070. The van der Waals surface area contributed by atoms with Gasteiger partial charge in [0.1, 0.15) is 0 Å². The molecular formula is C49H32N2. The molecule has 2 heterocycles. The summed E-state index contributed by atoms with van der Waals surface area (Å²) >= 11 is 0. The average molecular weight is 649 g/mol. The van der Waals surface area contributed by atoms with Crippen LogP contribution in [-0.2, 0) is 5.41 Å². The Morgan fingerprint density at radius 3 is 1.24 bits per heavy atom. The van der Waals surface area contributed by atoms with Crippen molar-refractivity contribution in [3.63, 3.8) is 0 Å². The second-order valence-corrected chi connectivity index (χ2v) is 15.0. The van der Waals surface area contributed by atoms with Crippen molar-refractivity contribution in [2.24, 2.45) is 0 Å². The van der Waals surface area contributed by atoms with Crippen molar-refractivity contribution in [3.8, 4) is 33.6 Å². The van der Waals surface area contributed by atoms with Gasteiger partial charge in [-0.05, 0) is 110 Å². The quantitative estimate of drug-likeness (QED) is 0.169. The first-order valence-electron chi connectivity index (χ1n) is 17.9. The lowest BCUT2D eigenvalue weighted by Gasteiger charge is -2.23. The van der Waals surface area contributed by atoms with E-state index in [0.717, 1.165) is 0 Å². The van der Waals surface area contributed by atoms with E-state index in [2.05, 4.69) is 181 Å². The number of hydrogen-bond donors (Lipinski definition) is 0. The highest BCUT2D eigenvalue weighted by Crippen LogP contribution is 2.51. The second-order valence-electron chi connectivity index (χ2n) is 15.0. The largest absolute Gasteiger partial charge is 0.309 e. The van der Waals surface area contributed by atoms with Crippen molar-refractivity contribution >= 4 is 65.2 Å². The van der Waals surface area contributed by atoms with Gasteiger partial charge in [0.05, 0.1) is 22.1 Å². The molecule has 1 aliphatic rings. The molecule has 0 fully saturated rings. The molecule has 11 aromatic rings. The van der Waals surface area contributed by atoms with E-state index in [-0.39, 0.29) is 5.41 Å².